The standard InChI is InChI=1S/C15H18FN3/c1-10(2)11-5-7-12(8-6-11)14(19-17)15-13(16)4-3-9-18-15/h3-10,14,19H,17H2,1-2H3. The monoisotopic (exact) mass is 259 g/mol. The number of benzene rings is 1. The van der Waals surface area contributed by atoms with E-state index in [1.807, 2.05) is 24.3 Å². The fourth-order valence-electron chi connectivity index (χ4n) is 2.02. The van der Waals surface area contributed by atoms with Gasteiger partial charge in [0, 0.05) is 6.20 Å². The predicted molar refractivity (Wildman–Crippen MR) is 73.9 cm³/mol. The average Bonchev–Trinajstić information content (AvgIpc) is 2.42. The highest BCUT2D eigenvalue weighted by molar-refractivity contribution is 5.32. The number of aromatic nitrogens is 1. The van der Waals surface area contributed by atoms with Crippen molar-refractivity contribution in [2.75, 3.05) is 0 Å². The molecule has 100 valence electrons. The van der Waals surface area contributed by atoms with E-state index in [1.54, 1.807) is 12.3 Å². The summed E-state index contributed by atoms with van der Waals surface area (Å²) in [5.74, 6) is 5.65. The molecular weight excluding hydrogens is 241 g/mol. The summed E-state index contributed by atoms with van der Waals surface area (Å²) in [7, 11) is 0. The molecule has 19 heavy (non-hydrogen) atoms. The molecule has 1 unspecified atom stereocenters. The minimum Gasteiger partial charge on any atom is -0.271 e. The van der Waals surface area contributed by atoms with Crippen LogP contribution in [0.25, 0.3) is 0 Å². The zero-order chi connectivity index (χ0) is 13.8. The Morgan fingerprint density at radius 2 is 1.74 bits per heavy atom. The molecule has 1 aromatic carbocycles. The largest absolute Gasteiger partial charge is 0.271 e. The van der Waals surface area contributed by atoms with Gasteiger partial charge < -0.3 is 0 Å². The number of pyridine rings is 1. The first-order valence-corrected chi connectivity index (χ1v) is 6.30. The van der Waals surface area contributed by atoms with E-state index < -0.39 is 6.04 Å². The summed E-state index contributed by atoms with van der Waals surface area (Å²) in [4.78, 5) is 4.07. The average molecular weight is 259 g/mol. The molecule has 2 aromatic rings. The summed E-state index contributed by atoms with van der Waals surface area (Å²) in [5.41, 5.74) is 5.06. The molecule has 0 aliphatic rings. The molecule has 3 nitrogen and oxygen atoms in total. The predicted octanol–water partition coefficient (Wildman–Crippen LogP) is 2.90. The van der Waals surface area contributed by atoms with Crippen molar-refractivity contribution in [1.29, 1.82) is 0 Å². The van der Waals surface area contributed by atoms with Crippen molar-refractivity contribution in [1.82, 2.24) is 10.4 Å². The second-order valence-corrected chi connectivity index (χ2v) is 4.79. The fourth-order valence-corrected chi connectivity index (χ4v) is 2.02. The van der Waals surface area contributed by atoms with Crippen LogP contribution in [0.5, 0.6) is 0 Å². The summed E-state index contributed by atoms with van der Waals surface area (Å²) in [6.45, 7) is 4.26. The molecule has 0 amide bonds. The number of halogens is 1. The molecule has 0 saturated heterocycles. The molecule has 0 radical (unpaired) electrons. The van der Waals surface area contributed by atoms with Gasteiger partial charge in [-0.15, -0.1) is 0 Å². The maximum absolute atomic E-state index is 13.8. The van der Waals surface area contributed by atoms with E-state index in [1.165, 1.54) is 11.6 Å². The maximum atomic E-state index is 13.8. The van der Waals surface area contributed by atoms with Crippen LogP contribution in [-0.2, 0) is 0 Å². The summed E-state index contributed by atoms with van der Waals surface area (Å²) in [5, 5.41) is 0. The van der Waals surface area contributed by atoms with Gasteiger partial charge in [0.25, 0.3) is 0 Å². The Labute approximate surface area is 112 Å². The summed E-state index contributed by atoms with van der Waals surface area (Å²) in [6.07, 6.45) is 1.56. The molecule has 0 bridgehead atoms. The van der Waals surface area contributed by atoms with Crippen LogP contribution in [-0.4, -0.2) is 4.98 Å². The minimum atomic E-state index is -0.442. The van der Waals surface area contributed by atoms with E-state index in [9.17, 15) is 4.39 Å². The quantitative estimate of drug-likeness (QED) is 0.655. The highest BCUT2D eigenvalue weighted by atomic mass is 19.1. The van der Waals surface area contributed by atoms with Gasteiger partial charge in [0.1, 0.15) is 5.82 Å². The first kappa shape index (κ1) is 13.6. The first-order valence-electron chi connectivity index (χ1n) is 6.30. The van der Waals surface area contributed by atoms with Gasteiger partial charge in [0.05, 0.1) is 11.7 Å². The van der Waals surface area contributed by atoms with Crippen molar-refractivity contribution >= 4 is 0 Å². The highest BCUT2D eigenvalue weighted by Crippen LogP contribution is 2.23. The third-order valence-electron chi connectivity index (χ3n) is 3.16. The minimum absolute atomic E-state index is 0.308. The normalized spacial score (nSPS) is 12.7. The van der Waals surface area contributed by atoms with Gasteiger partial charge in [0.2, 0.25) is 0 Å². The van der Waals surface area contributed by atoms with Gasteiger partial charge in [-0.3, -0.25) is 10.8 Å². The third kappa shape index (κ3) is 2.97. The molecule has 0 aliphatic carbocycles. The number of hydrazine groups is 1. The van der Waals surface area contributed by atoms with Crippen LogP contribution in [0, 0.1) is 5.82 Å². The number of hydrogen-bond donors (Lipinski definition) is 2. The lowest BCUT2D eigenvalue weighted by Crippen LogP contribution is -2.30. The lowest BCUT2D eigenvalue weighted by Gasteiger charge is -2.17. The van der Waals surface area contributed by atoms with Gasteiger partial charge in [-0.2, -0.15) is 0 Å². The number of rotatable bonds is 4. The smallest absolute Gasteiger partial charge is 0.146 e. The van der Waals surface area contributed by atoms with Crippen molar-refractivity contribution < 1.29 is 4.39 Å². The third-order valence-corrected chi connectivity index (χ3v) is 3.16. The molecule has 1 heterocycles. The highest BCUT2D eigenvalue weighted by Gasteiger charge is 2.17. The molecule has 1 aromatic heterocycles. The van der Waals surface area contributed by atoms with Crippen LogP contribution in [0.3, 0.4) is 0 Å². The molecular formula is C15H18FN3. The topological polar surface area (TPSA) is 50.9 Å². The lowest BCUT2D eigenvalue weighted by atomic mass is 9.97. The molecule has 0 spiro atoms. The van der Waals surface area contributed by atoms with Crippen molar-refractivity contribution in [3.05, 3.63) is 65.2 Å². The zero-order valence-electron chi connectivity index (χ0n) is 11.1. The molecule has 0 aliphatic heterocycles. The van der Waals surface area contributed by atoms with Crippen LogP contribution in [0.2, 0.25) is 0 Å². The van der Waals surface area contributed by atoms with Crippen LogP contribution in [0.15, 0.2) is 42.6 Å². The molecule has 0 fully saturated rings. The first-order chi connectivity index (χ1) is 9.13. The van der Waals surface area contributed by atoms with Crippen LogP contribution >= 0.6 is 0 Å². The Kier molecular flexibility index (Phi) is 4.24. The summed E-state index contributed by atoms with van der Waals surface area (Å²) < 4.78 is 13.8. The Morgan fingerprint density at radius 1 is 1.11 bits per heavy atom. The molecule has 0 saturated carbocycles. The van der Waals surface area contributed by atoms with Crippen LogP contribution in [0.1, 0.15) is 42.6 Å². The van der Waals surface area contributed by atoms with Crippen molar-refractivity contribution in [2.45, 2.75) is 25.8 Å². The Bertz CT molecular complexity index is 537. The second-order valence-electron chi connectivity index (χ2n) is 4.79. The van der Waals surface area contributed by atoms with Crippen LogP contribution in [0.4, 0.5) is 4.39 Å². The van der Waals surface area contributed by atoms with Crippen molar-refractivity contribution in [2.24, 2.45) is 5.84 Å². The van der Waals surface area contributed by atoms with E-state index in [-0.39, 0.29) is 5.82 Å². The SMILES string of the molecule is CC(C)c1ccc(C(NN)c2ncccc2F)cc1. The number of nitrogens with two attached hydrogens (primary N) is 1. The number of hydrogen-bond acceptors (Lipinski definition) is 3. The lowest BCUT2D eigenvalue weighted by molar-refractivity contribution is 0.543. The van der Waals surface area contributed by atoms with E-state index in [0.717, 1.165) is 5.56 Å². The Balaban J connectivity index is 2.35. The maximum Gasteiger partial charge on any atom is 0.146 e. The van der Waals surface area contributed by atoms with Gasteiger partial charge in [-0.1, -0.05) is 38.1 Å². The van der Waals surface area contributed by atoms with Crippen LogP contribution < -0.4 is 11.3 Å². The molecule has 4 heteroatoms. The van der Waals surface area contributed by atoms with Gasteiger partial charge >= 0.3 is 0 Å². The Morgan fingerprint density at radius 3 is 2.26 bits per heavy atom. The zero-order valence-corrected chi connectivity index (χ0v) is 11.1. The van der Waals surface area contributed by atoms with E-state index >= 15 is 0 Å². The van der Waals surface area contributed by atoms with Gasteiger partial charge in [0.15, 0.2) is 0 Å². The second kappa shape index (κ2) is 5.91. The number of nitrogens with one attached hydrogen (secondary N) is 1. The Hall–Kier alpha value is -1.78. The van der Waals surface area contributed by atoms with Crippen molar-refractivity contribution in [3.63, 3.8) is 0 Å². The number of nitrogens with zero attached hydrogens (tertiary/aromatic N) is 1. The summed E-state index contributed by atoms with van der Waals surface area (Å²) >= 11 is 0. The summed E-state index contributed by atoms with van der Waals surface area (Å²) in [6, 6.07) is 10.5. The fraction of sp³-hybridized carbons (Fsp3) is 0.267. The van der Waals surface area contributed by atoms with E-state index in [2.05, 4.69) is 24.3 Å². The van der Waals surface area contributed by atoms with Crippen molar-refractivity contribution in [3.8, 4) is 0 Å². The molecule has 2 rings (SSSR count). The van der Waals surface area contributed by atoms with E-state index in [4.69, 9.17) is 5.84 Å². The molecule has 3 N–H and O–H groups in total. The molecule has 1 atom stereocenters. The van der Waals surface area contributed by atoms with Gasteiger partial charge in [-0.25, -0.2) is 9.82 Å². The van der Waals surface area contributed by atoms with Gasteiger partial charge in [-0.05, 0) is 29.2 Å². The van der Waals surface area contributed by atoms with E-state index in [0.29, 0.717) is 11.6 Å².